The molecule has 0 saturated carbocycles. The number of rotatable bonds is 3. The number of benzene rings is 1. The fourth-order valence-corrected chi connectivity index (χ4v) is 1.80. The molecule has 0 bridgehead atoms. The molecule has 6 nitrogen and oxygen atoms in total. The van der Waals surface area contributed by atoms with Gasteiger partial charge in [0.1, 0.15) is 0 Å². The number of nitrogens with one attached hydrogen (secondary N) is 2. The summed E-state index contributed by atoms with van der Waals surface area (Å²) in [5.74, 6) is -1.58. The number of carbonyl (C=O) groups excluding carboxylic acids is 2. The van der Waals surface area contributed by atoms with Crippen LogP contribution in [0, 0.1) is 0 Å². The van der Waals surface area contributed by atoms with Crippen molar-refractivity contribution in [2.75, 3.05) is 11.1 Å². The Morgan fingerprint density at radius 3 is 2.67 bits per heavy atom. The van der Waals surface area contributed by atoms with Crippen LogP contribution in [0.1, 0.15) is 5.69 Å². The molecule has 0 atom stereocenters. The van der Waals surface area contributed by atoms with Crippen LogP contribution in [0.15, 0.2) is 42.6 Å². The minimum Gasteiger partial charge on any atom is -0.399 e. The maximum Gasteiger partial charge on any atom is 0.313 e. The Hall–Kier alpha value is -2.60. The second kappa shape index (κ2) is 6.71. The molecule has 2 aromatic rings. The average molecular weight is 305 g/mol. The maximum absolute atomic E-state index is 11.7. The van der Waals surface area contributed by atoms with Gasteiger partial charge in [0.25, 0.3) is 0 Å². The van der Waals surface area contributed by atoms with Gasteiger partial charge in [0.05, 0.1) is 22.9 Å². The molecule has 1 heterocycles. The lowest BCUT2D eigenvalue weighted by Gasteiger charge is -2.08. The van der Waals surface area contributed by atoms with E-state index in [2.05, 4.69) is 15.6 Å². The smallest absolute Gasteiger partial charge is 0.313 e. The first-order valence-electron chi connectivity index (χ1n) is 6.10. The molecule has 4 N–H and O–H groups in total. The van der Waals surface area contributed by atoms with E-state index in [1.54, 1.807) is 30.5 Å². The van der Waals surface area contributed by atoms with Gasteiger partial charge in [-0.2, -0.15) is 0 Å². The van der Waals surface area contributed by atoms with Gasteiger partial charge in [0.2, 0.25) is 0 Å². The number of carbonyl (C=O) groups is 2. The van der Waals surface area contributed by atoms with E-state index >= 15 is 0 Å². The summed E-state index contributed by atoms with van der Waals surface area (Å²) in [4.78, 5) is 27.5. The van der Waals surface area contributed by atoms with Crippen molar-refractivity contribution in [3.8, 4) is 0 Å². The van der Waals surface area contributed by atoms with Gasteiger partial charge in [0.15, 0.2) is 0 Å². The minimum atomic E-state index is -0.808. The van der Waals surface area contributed by atoms with E-state index in [9.17, 15) is 9.59 Å². The number of amides is 2. The molecule has 1 aromatic carbocycles. The predicted molar refractivity (Wildman–Crippen MR) is 80.6 cm³/mol. The van der Waals surface area contributed by atoms with Crippen molar-refractivity contribution in [1.82, 2.24) is 10.3 Å². The number of hydrogen-bond acceptors (Lipinski definition) is 4. The standard InChI is InChI=1S/C14H13ClN4O2/c15-11-7-9(16)4-5-12(11)19-14(21)13(20)18-8-10-3-1-2-6-17-10/h1-7H,8,16H2,(H,18,20)(H,19,21). The van der Waals surface area contributed by atoms with Crippen molar-refractivity contribution < 1.29 is 9.59 Å². The molecule has 0 aliphatic carbocycles. The number of nitrogens with zero attached hydrogens (tertiary/aromatic N) is 1. The lowest BCUT2D eigenvalue weighted by Crippen LogP contribution is -2.35. The van der Waals surface area contributed by atoms with Gasteiger partial charge < -0.3 is 16.4 Å². The Morgan fingerprint density at radius 1 is 1.19 bits per heavy atom. The van der Waals surface area contributed by atoms with Crippen molar-refractivity contribution in [2.45, 2.75) is 6.54 Å². The molecule has 0 fully saturated rings. The van der Waals surface area contributed by atoms with Gasteiger partial charge in [-0.3, -0.25) is 14.6 Å². The molecule has 7 heteroatoms. The average Bonchev–Trinajstić information content (AvgIpc) is 2.48. The summed E-state index contributed by atoms with van der Waals surface area (Å²) < 4.78 is 0. The van der Waals surface area contributed by atoms with Gasteiger partial charge in [0, 0.05) is 11.9 Å². The highest BCUT2D eigenvalue weighted by Crippen LogP contribution is 2.23. The molecule has 1 aromatic heterocycles. The summed E-state index contributed by atoms with van der Waals surface area (Å²) in [6.07, 6.45) is 1.61. The van der Waals surface area contributed by atoms with Gasteiger partial charge in [-0.1, -0.05) is 17.7 Å². The first kappa shape index (κ1) is 14.8. The van der Waals surface area contributed by atoms with Gasteiger partial charge in [-0.05, 0) is 30.3 Å². The van der Waals surface area contributed by atoms with Crippen LogP contribution in [-0.2, 0) is 16.1 Å². The molecule has 2 rings (SSSR count). The fraction of sp³-hybridized carbons (Fsp3) is 0.0714. The Bertz CT molecular complexity index is 661. The lowest BCUT2D eigenvalue weighted by molar-refractivity contribution is -0.136. The van der Waals surface area contributed by atoms with Crippen LogP contribution < -0.4 is 16.4 Å². The molecule has 0 saturated heterocycles. The summed E-state index contributed by atoms with van der Waals surface area (Å²) >= 11 is 5.91. The largest absolute Gasteiger partial charge is 0.399 e. The molecule has 108 valence electrons. The van der Waals surface area contributed by atoms with Crippen LogP contribution in [0.2, 0.25) is 5.02 Å². The van der Waals surface area contributed by atoms with Gasteiger partial charge in [-0.25, -0.2) is 0 Å². The molecule has 0 aliphatic heterocycles. The SMILES string of the molecule is Nc1ccc(NC(=O)C(=O)NCc2ccccn2)c(Cl)c1. The minimum absolute atomic E-state index is 0.169. The zero-order chi connectivity index (χ0) is 15.2. The molecule has 0 unspecified atom stereocenters. The van der Waals surface area contributed by atoms with E-state index in [0.717, 1.165) is 0 Å². The lowest BCUT2D eigenvalue weighted by atomic mass is 10.3. The number of hydrogen-bond donors (Lipinski definition) is 3. The van der Waals surface area contributed by atoms with Crippen LogP contribution >= 0.6 is 11.6 Å². The molecule has 0 aliphatic rings. The highest BCUT2D eigenvalue weighted by molar-refractivity contribution is 6.41. The highest BCUT2D eigenvalue weighted by atomic mass is 35.5. The summed E-state index contributed by atoms with van der Waals surface area (Å²) in [6, 6.07) is 9.90. The Kier molecular flexibility index (Phi) is 4.73. The van der Waals surface area contributed by atoms with Crippen LogP contribution in [0.5, 0.6) is 0 Å². The van der Waals surface area contributed by atoms with Crippen LogP contribution in [-0.4, -0.2) is 16.8 Å². The summed E-state index contributed by atoms with van der Waals surface area (Å²) in [5.41, 5.74) is 7.00. The molecule has 2 amide bonds. The summed E-state index contributed by atoms with van der Waals surface area (Å²) in [5, 5.41) is 5.15. The topological polar surface area (TPSA) is 97.1 Å². The predicted octanol–water partition coefficient (Wildman–Crippen LogP) is 1.57. The van der Waals surface area contributed by atoms with Crippen molar-refractivity contribution in [3.05, 3.63) is 53.3 Å². The third-order valence-electron chi connectivity index (χ3n) is 2.60. The number of aromatic nitrogens is 1. The van der Waals surface area contributed by atoms with Crippen LogP contribution in [0.25, 0.3) is 0 Å². The fourth-order valence-electron chi connectivity index (χ4n) is 1.57. The molecule has 0 spiro atoms. The van der Waals surface area contributed by atoms with Crippen LogP contribution in [0.4, 0.5) is 11.4 Å². The summed E-state index contributed by atoms with van der Waals surface area (Å²) in [6.45, 7) is 0.169. The van der Waals surface area contributed by atoms with Gasteiger partial charge in [-0.15, -0.1) is 0 Å². The first-order chi connectivity index (χ1) is 10.1. The van der Waals surface area contributed by atoms with E-state index in [4.69, 9.17) is 17.3 Å². The van der Waals surface area contributed by atoms with E-state index in [0.29, 0.717) is 17.1 Å². The molecule has 0 radical (unpaired) electrons. The van der Waals surface area contributed by atoms with Crippen molar-refractivity contribution in [2.24, 2.45) is 0 Å². The Balaban J connectivity index is 1.92. The van der Waals surface area contributed by atoms with E-state index in [-0.39, 0.29) is 11.6 Å². The third kappa shape index (κ3) is 4.19. The normalized spacial score (nSPS) is 9.95. The van der Waals surface area contributed by atoms with E-state index in [1.807, 2.05) is 0 Å². The molecule has 21 heavy (non-hydrogen) atoms. The third-order valence-corrected chi connectivity index (χ3v) is 2.92. The number of anilines is 2. The van der Waals surface area contributed by atoms with Crippen LogP contribution in [0.3, 0.4) is 0 Å². The van der Waals surface area contributed by atoms with E-state index < -0.39 is 11.8 Å². The Morgan fingerprint density at radius 2 is 2.00 bits per heavy atom. The van der Waals surface area contributed by atoms with Gasteiger partial charge >= 0.3 is 11.8 Å². The quantitative estimate of drug-likeness (QED) is 0.592. The summed E-state index contributed by atoms with van der Waals surface area (Å²) in [7, 11) is 0. The second-order valence-corrected chi connectivity index (χ2v) is 4.60. The maximum atomic E-state index is 11.7. The molecular weight excluding hydrogens is 292 g/mol. The number of halogens is 1. The number of nitrogens with two attached hydrogens (primary N) is 1. The zero-order valence-electron chi connectivity index (χ0n) is 11.0. The van der Waals surface area contributed by atoms with E-state index in [1.165, 1.54) is 12.1 Å². The first-order valence-corrected chi connectivity index (χ1v) is 6.48. The number of nitrogen functional groups attached to an aromatic ring is 1. The monoisotopic (exact) mass is 304 g/mol. The second-order valence-electron chi connectivity index (χ2n) is 4.20. The highest BCUT2D eigenvalue weighted by Gasteiger charge is 2.14. The number of pyridine rings is 1. The Labute approximate surface area is 126 Å². The van der Waals surface area contributed by atoms with Crippen molar-refractivity contribution in [3.63, 3.8) is 0 Å². The molecular formula is C14H13ClN4O2. The zero-order valence-corrected chi connectivity index (χ0v) is 11.7. The van der Waals surface area contributed by atoms with Crippen molar-refractivity contribution in [1.29, 1.82) is 0 Å². The van der Waals surface area contributed by atoms with Crippen molar-refractivity contribution >= 4 is 34.8 Å².